The number of methoxy groups -OCH3 is 1. The van der Waals surface area contributed by atoms with Gasteiger partial charge in [0, 0.05) is 24.7 Å². The van der Waals surface area contributed by atoms with E-state index < -0.39 is 28.9 Å². The van der Waals surface area contributed by atoms with E-state index in [1.807, 2.05) is 0 Å². The molecule has 1 aromatic heterocycles. The highest BCUT2D eigenvalue weighted by Gasteiger charge is 2.15. The van der Waals surface area contributed by atoms with E-state index in [1.54, 1.807) is 0 Å². The summed E-state index contributed by atoms with van der Waals surface area (Å²) < 4.78 is 19.2. The van der Waals surface area contributed by atoms with Crippen molar-refractivity contribution in [1.29, 1.82) is 0 Å². The Morgan fingerprint density at radius 3 is 2.77 bits per heavy atom. The number of alkyl carbamates (subject to hydrolysis) is 1. The van der Waals surface area contributed by atoms with Crippen LogP contribution in [0.3, 0.4) is 0 Å². The minimum absolute atomic E-state index is 0.0966. The number of nitrogens with one attached hydrogen (secondary N) is 1. The van der Waals surface area contributed by atoms with Crippen LogP contribution in [0.4, 0.5) is 9.18 Å². The minimum atomic E-state index is -1.37. The number of fused-ring (bicyclic) bond motifs is 1. The zero-order valence-corrected chi connectivity index (χ0v) is 11.6. The molecule has 0 spiro atoms. The first-order valence-corrected chi connectivity index (χ1v) is 6.32. The van der Waals surface area contributed by atoms with E-state index >= 15 is 0 Å². The number of amides is 1. The second kappa shape index (κ2) is 6.25. The number of carbonyl (C=O) groups excluding carboxylic acids is 1. The quantitative estimate of drug-likeness (QED) is 0.884. The molecule has 1 heterocycles. The number of carboxylic acids is 1. The predicted octanol–water partition coefficient (Wildman–Crippen LogP) is 1.19. The Kier molecular flexibility index (Phi) is 4.40. The maximum absolute atomic E-state index is 13.4. The summed E-state index contributed by atoms with van der Waals surface area (Å²) in [5.74, 6) is -1.92. The highest BCUT2D eigenvalue weighted by molar-refractivity contribution is 5.92. The lowest BCUT2D eigenvalue weighted by molar-refractivity contribution is 0.0694. The van der Waals surface area contributed by atoms with Gasteiger partial charge >= 0.3 is 12.1 Å². The molecule has 116 valence electrons. The maximum atomic E-state index is 13.4. The van der Waals surface area contributed by atoms with E-state index in [4.69, 9.17) is 5.11 Å². The summed E-state index contributed by atoms with van der Waals surface area (Å²) in [5, 5.41) is 11.6. The third kappa shape index (κ3) is 3.05. The Morgan fingerprint density at radius 1 is 1.41 bits per heavy atom. The van der Waals surface area contributed by atoms with Gasteiger partial charge in [0.25, 0.3) is 0 Å². The molecule has 7 nitrogen and oxygen atoms in total. The summed E-state index contributed by atoms with van der Waals surface area (Å²) in [6, 6.07) is 3.47. The van der Waals surface area contributed by atoms with Crippen LogP contribution in [0.5, 0.6) is 0 Å². The first kappa shape index (κ1) is 15.5. The maximum Gasteiger partial charge on any atom is 0.406 e. The van der Waals surface area contributed by atoms with Gasteiger partial charge in [0.05, 0.1) is 12.6 Å². The molecule has 0 bridgehead atoms. The van der Waals surface area contributed by atoms with E-state index in [0.717, 1.165) is 18.3 Å². The van der Waals surface area contributed by atoms with Gasteiger partial charge in [-0.1, -0.05) is 0 Å². The SMILES string of the molecule is COC(=O)NCCn1cc(C(=O)O)c(=O)c2ccc(F)cc21. The minimum Gasteiger partial charge on any atom is -0.477 e. The van der Waals surface area contributed by atoms with Gasteiger partial charge in [0.2, 0.25) is 5.43 Å². The zero-order valence-electron chi connectivity index (χ0n) is 11.6. The van der Waals surface area contributed by atoms with Crippen LogP contribution in [0, 0.1) is 5.82 Å². The van der Waals surface area contributed by atoms with Crippen molar-refractivity contribution in [2.45, 2.75) is 6.54 Å². The first-order chi connectivity index (χ1) is 10.4. The number of carbonyl (C=O) groups is 2. The molecule has 2 aromatic rings. The van der Waals surface area contributed by atoms with Crippen molar-refractivity contribution in [2.24, 2.45) is 0 Å². The van der Waals surface area contributed by atoms with Crippen LogP contribution < -0.4 is 10.7 Å². The van der Waals surface area contributed by atoms with E-state index in [-0.39, 0.29) is 24.0 Å². The van der Waals surface area contributed by atoms with Crippen LogP contribution in [-0.2, 0) is 11.3 Å². The summed E-state index contributed by atoms with van der Waals surface area (Å²) in [6.45, 7) is 0.274. The molecule has 0 aliphatic rings. The van der Waals surface area contributed by atoms with Crippen molar-refractivity contribution < 1.29 is 23.8 Å². The number of halogens is 1. The van der Waals surface area contributed by atoms with Crippen LogP contribution in [0.2, 0.25) is 0 Å². The second-order valence-electron chi connectivity index (χ2n) is 4.45. The summed E-state index contributed by atoms with van der Waals surface area (Å²) >= 11 is 0. The zero-order chi connectivity index (χ0) is 16.3. The number of hydrogen-bond donors (Lipinski definition) is 2. The molecule has 1 amide bonds. The number of pyridine rings is 1. The van der Waals surface area contributed by atoms with Gasteiger partial charge in [-0.25, -0.2) is 14.0 Å². The van der Waals surface area contributed by atoms with Gasteiger partial charge in [-0.2, -0.15) is 0 Å². The molecule has 0 atom stereocenters. The molecule has 22 heavy (non-hydrogen) atoms. The number of nitrogens with zero attached hydrogens (tertiary/aromatic N) is 1. The number of hydrogen-bond acceptors (Lipinski definition) is 4. The number of aromatic nitrogens is 1. The molecule has 1 aromatic carbocycles. The fraction of sp³-hybridized carbons (Fsp3) is 0.214. The van der Waals surface area contributed by atoms with Crippen molar-refractivity contribution in [3.63, 3.8) is 0 Å². The van der Waals surface area contributed by atoms with Crippen LogP contribution >= 0.6 is 0 Å². The highest BCUT2D eigenvalue weighted by atomic mass is 19.1. The van der Waals surface area contributed by atoms with Crippen molar-refractivity contribution >= 4 is 23.0 Å². The van der Waals surface area contributed by atoms with E-state index in [0.29, 0.717) is 0 Å². The molecule has 0 fully saturated rings. The summed E-state index contributed by atoms with van der Waals surface area (Å²) in [7, 11) is 1.21. The smallest absolute Gasteiger partial charge is 0.406 e. The standard InChI is InChI=1S/C14H13FN2O5/c1-22-14(21)16-4-5-17-7-10(13(19)20)12(18)9-3-2-8(15)6-11(9)17/h2-3,6-7H,4-5H2,1H3,(H,16,21)(H,19,20). The Bertz CT molecular complexity index is 800. The summed E-state index contributed by atoms with van der Waals surface area (Å²) in [5.41, 5.74) is -0.849. The van der Waals surface area contributed by atoms with Gasteiger partial charge in [0.1, 0.15) is 11.4 Å². The third-order valence-electron chi connectivity index (χ3n) is 3.08. The fourth-order valence-electron chi connectivity index (χ4n) is 2.05. The van der Waals surface area contributed by atoms with Crippen molar-refractivity contribution in [3.8, 4) is 0 Å². The van der Waals surface area contributed by atoms with Crippen LogP contribution in [0.25, 0.3) is 10.9 Å². The molecule has 0 aliphatic carbocycles. The lowest BCUT2D eigenvalue weighted by Crippen LogP contribution is -2.28. The molecular formula is C14H13FN2O5. The van der Waals surface area contributed by atoms with E-state index in [1.165, 1.54) is 17.7 Å². The number of rotatable bonds is 4. The van der Waals surface area contributed by atoms with E-state index in [2.05, 4.69) is 10.1 Å². The highest BCUT2D eigenvalue weighted by Crippen LogP contribution is 2.14. The molecule has 8 heteroatoms. The summed E-state index contributed by atoms with van der Waals surface area (Å²) in [4.78, 5) is 34.2. The number of benzene rings is 1. The van der Waals surface area contributed by atoms with Crippen LogP contribution in [0.1, 0.15) is 10.4 Å². The Balaban J connectivity index is 2.48. The monoisotopic (exact) mass is 308 g/mol. The van der Waals surface area contributed by atoms with Gasteiger partial charge in [-0.05, 0) is 18.2 Å². The molecule has 0 radical (unpaired) electrons. The van der Waals surface area contributed by atoms with Crippen molar-refractivity contribution in [3.05, 3.63) is 46.0 Å². The van der Waals surface area contributed by atoms with Crippen LogP contribution in [-0.4, -0.2) is 35.4 Å². The summed E-state index contributed by atoms with van der Waals surface area (Å²) in [6.07, 6.45) is 0.487. The van der Waals surface area contributed by atoms with Gasteiger partial charge < -0.3 is 19.7 Å². The molecule has 0 saturated heterocycles. The lowest BCUT2D eigenvalue weighted by atomic mass is 10.1. The average molecular weight is 308 g/mol. The Morgan fingerprint density at radius 2 is 2.14 bits per heavy atom. The molecule has 0 aliphatic heterocycles. The lowest BCUT2D eigenvalue weighted by Gasteiger charge is -2.12. The molecule has 2 rings (SSSR count). The molecule has 0 unspecified atom stereocenters. The molecular weight excluding hydrogens is 295 g/mol. The van der Waals surface area contributed by atoms with Crippen LogP contribution in [0.15, 0.2) is 29.2 Å². The Labute approximate surface area is 123 Å². The van der Waals surface area contributed by atoms with Gasteiger partial charge in [0.15, 0.2) is 0 Å². The van der Waals surface area contributed by atoms with Crippen molar-refractivity contribution in [2.75, 3.05) is 13.7 Å². The van der Waals surface area contributed by atoms with Gasteiger partial charge in [-0.15, -0.1) is 0 Å². The average Bonchev–Trinajstić information content (AvgIpc) is 2.48. The fourth-order valence-corrected chi connectivity index (χ4v) is 2.05. The first-order valence-electron chi connectivity index (χ1n) is 6.32. The largest absolute Gasteiger partial charge is 0.477 e. The molecule has 2 N–H and O–H groups in total. The number of carboxylic acid groups (broad SMARTS) is 1. The van der Waals surface area contributed by atoms with E-state index in [9.17, 15) is 18.8 Å². The third-order valence-corrected chi connectivity index (χ3v) is 3.08. The molecule has 0 saturated carbocycles. The Hall–Kier alpha value is -2.90. The number of aromatic carboxylic acids is 1. The van der Waals surface area contributed by atoms with Crippen molar-refractivity contribution in [1.82, 2.24) is 9.88 Å². The predicted molar refractivity (Wildman–Crippen MR) is 75.5 cm³/mol. The topological polar surface area (TPSA) is 97.6 Å². The second-order valence-corrected chi connectivity index (χ2v) is 4.45. The van der Waals surface area contributed by atoms with Gasteiger partial charge in [-0.3, -0.25) is 4.79 Å². The number of ether oxygens (including phenoxy) is 1. The normalized spacial score (nSPS) is 10.5.